The molecule has 5 rings (SSSR count). The zero-order chi connectivity index (χ0) is 19.6. The van der Waals surface area contributed by atoms with Crippen LogP contribution in [-0.2, 0) is 6.54 Å². The molecule has 0 saturated heterocycles. The number of pyridine rings is 1. The Morgan fingerprint density at radius 1 is 0.966 bits per heavy atom. The molecule has 2 aliphatic rings. The second-order valence-corrected chi connectivity index (χ2v) is 8.52. The normalized spacial score (nSPS) is 17.9. The minimum Gasteiger partial charge on any atom is -0.333 e. The van der Waals surface area contributed by atoms with Gasteiger partial charge in [-0.2, -0.15) is 0 Å². The van der Waals surface area contributed by atoms with Gasteiger partial charge < -0.3 is 9.47 Å². The van der Waals surface area contributed by atoms with E-state index in [1.165, 1.54) is 56.9 Å². The Hall–Kier alpha value is -2.69. The summed E-state index contributed by atoms with van der Waals surface area (Å²) in [5, 5.41) is 0. The number of fused-ring (bicyclic) bond motifs is 1. The number of aromatic nitrogens is 3. The molecule has 0 N–H and O–H groups in total. The Morgan fingerprint density at radius 3 is 2.28 bits per heavy atom. The first kappa shape index (κ1) is 18.3. The molecule has 2 aliphatic carbocycles. The van der Waals surface area contributed by atoms with Crippen LogP contribution in [0.25, 0.3) is 11.0 Å². The highest BCUT2D eigenvalue weighted by Crippen LogP contribution is 2.32. The molecule has 3 aromatic rings. The van der Waals surface area contributed by atoms with Crippen molar-refractivity contribution in [2.45, 2.75) is 70.0 Å². The van der Waals surface area contributed by atoms with Gasteiger partial charge in [0.1, 0.15) is 5.52 Å². The first-order valence-corrected chi connectivity index (χ1v) is 11.0. The van der Waals surface area contributed by atoms with E-state index in [4.69, 9.17) is 0 Å². The third-order valence-electron chi connectivity index (χ3n) is 6.65. The molecule has 2 fully saturated rings. The molecular formula is C24H28N4O. The van der Waals surface area contributed by atoms with Gasteiger partial charge in [-0.05, 0) is 49.4 Å². The van der Waals surface area contributed by atoms with Crippen LogP contribution in [0.3, 0.4) is 0 Å². The Labute approximate surface area is 171 Å². The highest BCUT2D eigenvalue weighted by molar-refractivity contribution is 5.94. The summed E-state index contributed by atoms with van der Waals surface area (Å²) in [4.78, 5) is 24.2. The molecule has 150 valence electrons. The average molecular weight is 389 g/mol. The van der Waals surface area contributed by atoms with Crippen LogP contribution in [0.2, 0.25) is 0 Å². The van der Waals surface area contributed by atoms with Crippen LogP contribution in [-0.4, -0.2) is 37.4 Å². The number of benzene rings is 1. The number of carbonyl (C=O) groups excluding carboxylic acids is 1. The number of hydrogen-bond donors (Lipinski definition) is 0. The van der Waals surface area contributed by atoms with Crippen molar-refractivity contribution in [1.29, 1.82) is 0 Å². The van der Waals surface area contributed by atoms with Gasteiger partial charge in [0.25, 0.3) is 5.91 Å². The van der Waals surface area contributed by atoms with Gasteiger partial charge in [0, 0.05) is 30.4 Å². The number of imidazole rings is 1. The fraction of sp³-hybridized carbons (Fsp3) is 0.458. The molecule has 2 aromatic heterocycles. The van der Waals surface area contributed by atoms with E-state index in [1.807, 2.05) is 24.5 Å². The molecular weight excluding hydrogens is 360 g/mol. The summed E-state index contributed by atoms with van der Waals surface area (Å²) in [5.41, 5.74) is 3.98. The zero-order valence-corrected chi connectivity index (χ0v) is 16.8. The minimum absolute atomic E-state index is 0.231. The van der Waals surface area contributed by atoms with Crippen molar-refractivity contribution >= 4 is 16.9 Å². The van der Waals surface area contributed by atoms with E-state index in [0.717, 1.165) is 23.1 Å². The second kappa shape index (κ2) is 7.97. The zero-order valence-electron chi connectivity index (χ0n) is 16.8. The highest BCUT2D eigenvalue weighted by atomic mass is 16.2. The van der Waals surface area contributed by atoms with E-state index in [2.05, 4.69) is 31.6 Å². The summed E-state index contributed by atoms with van der Waals surface area (Å²) >= 11 is 0. The van der Waals surface area contributed by atoms with Gasteiger partial charge >= 0.3 is 0 Å². The van der Waals surface area contributed by atoms with Gasteiger partial charge in [-0.15, -0.1) is 0 Å². The smallest absolute Gasteiger partial charge is 0.254 e. The first-order chi connectivity index (χ1) is 14.3. The van der Waals surface area contributed by atoms with Crippen molar-refractivity contribution in [3.8, 4) is 0 Å². The molecule has 2 heterocycles. The number of amides is 1. The molecule has 2 saturated carbocycles. The molecule has 0 aliphatic heterocycles. The van der Waals surface area contributed by atoms with Crippen molar-refractivity contribution in [2.75, 3.05) is 0 Å². The SMILES string of the molecule is O=C(c1ccc(Cn2cnc3cnccc32)cc1)N(C1CCCC1)C1CCCC1. The molecule has 5 nitrogen and oxygen atoms in total. The monoisotopic (exact) mass is 388 g/mol. The predicted octanol–water partition coefficient (Wildman–Crippen LogP) is 4.81. The first-order valence-electron chi connectivity index (χ1n) is 11.0. The average Bonchev–Trinajstić information content (AvgIpc) is 3.52. The van der Waals surface area contributed by atoms with Gasteiger partial charge in [-0.25, -0.2) is 4.98 Å². The lowest BCUT2D eigenvalue weighted by atomic mass is 10.0. The van der Waals surface area contributed by atoms with Crippen LogP contribution in [0.4, 0.5) is 0 Å². The molecule has 0 bridgehead atoms. The van der Waals surface area contributed by atoms with Gasteiger partial charge in [0.15, 0.2) is 0 Å². The van der Waals surface area contributed by atoms with Crippen LogP contribution in [0.1, 0.15) is 67.3 Å². The molecule has 1 aromatic carbocycles. The van der Waals surface area contributed by atoms with Gasteiger partial charge in [0.2, 0.25) is 0 Å². The van der Waals surface area contributed by atoms with Crippen LogP contribution in [0.15, 0.2) is 49.1 Å². The number of carbonyl (C=O) groups is 1. The maximum Gasteiger partial charge on any atom is 0.254 e. The maximum absolute atomic E-state index is 13.4. The largest absolute Gasteiger partial charge is 0.333 e. The Kier molecular flexibility index (Phi) is 5.04. The Balaban J connectivity index is 1.35. The van der Waals surface area contributed by atoms with E-state index in [1.54, 1.807) is 12.4 Å². The molecule has 29 heavy (non-hydrogen) atoms. The van der Waals surface area contributed by atoms with Crippen molar-refractivity contribution in [2.24, 2.45) is 0 Å². The van der Waals surface area contributed by atoms with Crippen molar-refractivity contribution in [1.82, 2.24) is 19.4 Å². The topological polar surface area (TPSA) is 51.0 Å². The van der Waals surface area contributed by atoms with Crippen molar-refractivity contribution in [3.63, 3.8) is 0 Å². The van der Waals surface area contributed by atoms with Crippen molar-refractivity contribution < 1.29 is 4.79 Å². The van der Waals surface area contributed by atoms with E-state index < -0.39 is 0 Å². The molecule has 0 radical (unpaired) electrons. The lowest BCUT2D eigenvalue weighted by molar-refractivity contribution is 0.0580. The highest BCUT2D eigenvalue weighted by Gasteiger charge is 2.34. The summed E-state index contributed by atoms with van der Waals surface area (Å²) in [6.07, 6.45) is 15.1. The molecule has 0 unspecified atom stereocenters. The summed E-state index contributed by atoms with van der Waals surface area (Å²) in [7, 11) is 0. The van der Waals surface area contributed by atoms with E-state index in [-0.39, 0.29) is 5.91 Å². The van der Waals surface area contributed by atoms with Gasteiger partial charge in [-0.3, -0.25) is 9.78 Å². The number of nitrogens with zero attached hydrogens (tertiary/aromatic N) is 4. The van der Waals surface area contributed by atoms with E-state index >= 15 is 0 Å². The molecule has 5 heteroatoms. The predicted molar refractivity (Wildman–Crippen MR) is 114 cm³/mol. The Bertz CT molecular complexity index is 966. The standard InChI is InChI=1S/C24H28N4O/c29-24(28(20-5-1-2-6-20)21-7-3-4-8-21)19-11-9-18(10-12-19)16-27-17-26-22-15-25-14-13-23(22)27/h9-15,17,20-21H,1-8,16H2. The molecule has 0 atom stereocenters. The van der Waals surface area contributed by atoms with Crippen LogP contribution in [0, 0.1) is 0 Å². The number of rotatable bonds is 5. The maximum atomic E-state index is 13.4. The third-order valence-corrected chi connectivity index (χ3v) is 6.65. The quantitative estimate of drug-likeness (QED) is 0.630. The summed E-state index contributed by atoms with van der Waals surface area (Å²) < 4.78 is 2.12. The fourth-order valence-corrected chi connectivity index (χ4v) is 5.13. The lowest BCUT2D eigenvalue weighted by Gasteiger charge is -2.34. The number of hydrogen-bond acceptors (Lipinski definition) is 3. The summed E-state index contributed by atoms with van der Waals surface area (Å²) in [6, 6.07) is 11.1. The summed E-state index contributed by atoms with van der Waals surface area (Å²) in [5.74, 6) is 0.231. The van der Waals surface area contributed by atoms with Gasteiger partial charge in [0.05, 0.1) is 18.0 Å². The van der Waals surface area contributed by atoms with E-state index in [0.29, 0.717) is 12.1 Å². The van der Waals surface area contributed by atoms with Crippen molar-refractivity contribution in [3.05, 3.63) is 60.2 Å². The third kappa shape index (κ3) is 3.66. The molecule has 1 amide bonds. The van der Waals surface area contributed by atoms with Crippen LogP contribution in [0.5, 0.6) is 0 Å². The lowest BCUT2D eigenvalue weighted by Crippen LogP contribution is -2.45. The van der Waals surface area contributed by atoms with Crippen LogP contribution >= 0.6 is 0 Å². The summed E-state index contributed by atoms with van der Waals surface area (Å²) in [6.45, 7) is 0.740. The van der Waals surface area contributed by atoms with Gasteiger partial charge in [-0.1, -0.05) is 37.8 Å². The van der Waals surface area contributed by atoms with E-state index in [9.17, 15) is 4.79 Å². The van der Waals surface area contributed by atoms with Crippen LogP contribution < -0.4 is 0 Å². The minimum atomic E-state index is 0.231. The molecule has 0 spiro atoms. The second-order valence-electron chi connectivity index (χ2n) is 8.52. The Morgan fingerprint density at radius 2 is 1.62 bits per heavy atom. The fourth-order valence-electron chi connectivity index (χ4n) is 5.13.